The Morgan fingerprint density at radius 3 is 3.12 bits per heavy atom. The van der Waals surface area contributed by atoms with Crippen LogP contribution in [0.4, 0.5) is 0 Å². The SMILES string of the molecule is CN(CCc1c[nH]c2ncc(Br)cc12)C1CC1. The Morgan fingerprint density at radius 1 is 1.53 bits per heavy atom. The number of aromatic amines is 1. The molecule has 17 heavy (non-hydrogen) atoms. The second kappa shape index (κ2) is 4.42. The van der Waals surface area contributed by atoms with Crippen molar-refractivity contribution in [3.63, 3.8) is 0 Å². The van der Waals surface area contributed by atoms with Crippen LogP contribution in [0.15, 0.2) is 22.9 Å². The lowest BCUT2D eigenvalue weighted by Gasteiger charge is -2.14. The Hall–Kier alpha value is -0.870. The summed E-state index contributed by atoms with van der Waals surface area (Å²) >= 11 is 3.48. The number of H-pyrrole nitrogens is 1. The number of hydrogen-bond donors (Lipinski definition) is 1. The number of likely N-dealkylation sites (N-methyl/N-ethyl adjacent to an activating group) is 1. The minimum absolute atomic E-state index is 0.838. The maximum absolute atomic E-state index is 4.36. The van der Waals surface area contributed by atoms with Gasteiger partial charge in [0.05, 0.1) is 0 Å². The summed E-state index contributed by atoms with van der Waals surface area (Å²) in [5.74, 6) is 0. The van der Waals surface area contributed by atoms with E-state index in [1.807, 2.05) is 6.20 Å². The summed E-state index contributed by atoms with van der Waals surface area (Å²) in [5.41, 5.74) is 2.35. The number of rotatable bonds is 4. The zero-order chi connectivity index (χ0) is 11.8. The van der Waals surface area contributed by atoms with Gasteiger partial charge in [0.15, 0.2) is 0 Å². The molecule has 2 heterocycles. The molecule has 1 N–H and O–H groups in total. The molecule has 0 unspecified atom stereocenters. The van der Waals surface area contributed by atoms with Crippen LogP contribution in [0.2, 0.25) is 0 Å². The average molecular weight is 294 g/mol. The van der Waals surface area contributed by atoms with E-state index in [0.29, 0.717) is 0 Å². The van der Waals surface area contributed by atoms with E-state index in [1.165, 1.54) is 23.8 Å². The third-order valence-electron chi connectivity index (χ3n) is 3.49. The van der Waals surface area contributed by atoms with Crippen molar-refractivity contribution in [2.45, 2.75) is 25.3 Å². The van der Waals surface area contributed by atoms with E-state index >= 15 is 0 Å². The smallest absolute Gasteiger partial charge is 0.137 e. The molecule has 2 aromatic heterocycles. The minimum Gasteiger partial charge on any atom is -0.346 e. The highest BCUT2D eigenvalue weighted by Gasteiger charge is 2.25. The summed E-state index contributed by atoms with van der Waals surface area (Å²) in [6.45, 7) is 1.13. The van der Waals surface area contributed by atoms with Gasteiger partial charge >= 0.3 is 0 Å². The van der Waals surface area contributed by atoms with Crippen molar-refractivity contribution in [1.82, 2.24) is 14.9 Å². The van der Waals surface area contributed by atoms with Crippen LogP contribution in [-0.4, -0.2) is 34.5 Å². The zero-order valence-corrected chi connectivity index (χ0v) is 11.5. The van der Waals surface area contributed by atoms with Crippen molar-refractivity contribution in [3.8, 4) is 0 Å². The normalized spacial score (nSPS) is 15.9. The molecule has 0 saturated heterocycles. The van der Waals surface area contributed by atoms with Crippen molar-refractivity contribution in [1.29, 1.82) is 0 Å². The van der Waals surface area contributed by atoms with Gasteiger partial charge in [-0.3, -0.25) is 0 Å². The number of nitrogens with zero attached hydrogens (tertiary/aromatic N) is 2. The first-order valence-electron chi connectivity index (χ1n) is 6.06. The summed E-state index contributed by atoms with van der Waals surface area (Å²) in [4.78, 5) is 10.1. The molecule has 4 heteroatoms. The molecule has 2 aromatic rings. The van der Waals surface area contributed by atoms with Crippen LogP contribution in [-0.2, 0) is 6.42 Å². The van der Waals surface area contributed by atoms with Gasteiger partial charge in [-0.1, -0.05) is 0 Å². The van der Waals surface area contributed by atoms with E-state index in [2.05, 4.69) is 50.1 Å². The maximum Gasteiger partial charge on any atom is 0.137 e. The predicted octanol–water partition coefficient (Wildman–Crippen LogP) is 2.96. The molecule has 3 nitrogen and oxygen atoms in total. The number of fused-ring (bicyclic) bond motifs is 1. The van der Waals surface area contributed by atoms with Gasteiger partial charge in [-0.05, 0) is 53.9 Å². The van der Waals surface area contributed by atoms with Crippen LogP contribution < -0.4 is 0 Å². The van der Waals surface area contributed by atoms with Gasteiger partial charge in [-0.25, -0.2) is 4.98 Å². The lowest BCUT2D eigenvalue weighted by Crippen LogP contribution is -2.23. The van der Waals surface area contributed by atoms with Gasteiger partial charge in [0.2, 0.25) is 0 Å². The van der Waals surface area contributed by atoms with Crippen LogP contribution in [0.1, 0.15) is 18.4 Å². The van der Waals surface area contributed by atoms with Crippen molar-refractivity contribution in [2.24, 2.45) is 0 Å². The third-order valence-corrected chi connectivity index (χ3v) is 3.92. The lowest BCUT2D eigenvalue weighted by molar-refractivity contribution is 0.329. The molecule has 3 rings (SSSR count). The second-order valence-electron chi connectivity index (χ2n) is 4.83. The Morgan fingerprint density at radius 2 is 2.35 bits per heavy atom. The van der Waals surface area contributed by atoms with E-state index in [0.717, 1.165) is 29.1 Å². The first-order chi connectivity index (χ1) is 8.24. The first-order valence-corrected chi connectivity index (χ1v) is 6.85. The van der Waals surface area contributed by atoms with Crippen LogP contribution in [0.25, 0.3) is 11.0 Å². The molecular formula is C13H16BrN3. The standard InChI is InChI=1S/C13H16BrN3/c1-17(11-2-3-11)5-4-9-7-15-13-12(9)6-10(14)8-16-13/h6-8,11H,2-5H2,1H3,(H,15,16). The monoisotopic (exact) mass is 293 g/mol. The van der Waals surface area contributed by atoms with Crippen LogP contribution in [0.5, 0.6) is 0 Å². The Labute approximate surface area is 109 Å². The number of halogens is 1. The van der Waals surface area contributed by atoms with Gasteiger partial charge < -0.3 is 9.88 Å². The highest BCUT2D eigenvalue weighted by Crippen LogP contribution is 2.26. The summed E-state index contributed by atoms with van der Waals surface area (Å²) in [7, 11) is 2.22. The zero-order valence-electron chi connectivity index (χ0n) is 9.91. The molecule has 1 saturated carbocycles. The molecule has 0 bridgehead atoms. The molecule has 0 radical (unpaired) electrons. The molecule has 90 valence electrons. The van der Waals surface area contributed by atoms with E-state index in [4.69, 9.17) is 0 Å². The predicted molar refractivity (Wildman–Crippen MR) is 73.1 cm³/mol. The molecule has 0 atom stereocenters. The van der Waals surface area contributed by atoms with Gasteiger partial charge in [0.1, 0.15) is 5.65 Å². The lowest BCUT2D eigenvalue weighted by atomic mass is 10.1. The number of pyridine rings is 1. The van der Waals surface area contributed by atoms with Crippen LogP contribution >= 0.6 is 15.9 Å². The maximum atomic E-state index is 4.36. The van der Waals surface area contributed by atoms with E-state index < -0.39 is 0 Å². The van der Waals surface area contributed by atoms with Crippen molar-refractivity contribution >= 4 is 27.0 Å². The average Bonchev–Trinajstić information content (AvgIpc) is 3.09. The number of aromatic nitrogens is 2. The van der Waals surface area contributed by atoms with Crippen LogP contribution in [0.3, 0.4) is 0 Å². The highest BCUT2D eigenvalue weighted by atomic mass is 79.9. The molecule has 0 spiro atoms. The largest absolute Gasteiger partial charge is 0.346 e. The van der Waals surface area contributed by atoms with E-state index in [1.54, 1.807) is 0 Å². The summed E-state index contributed by atoms with van der Waals surface area (Å²) < 4.78 is 1.04. The molecule has 0 aliphatic heterocycles. The first kappa shape index (κ1) is 11.2. The summed E-state index contributed by atoms with van der Waals surface area (Å²) in [6.07, 6.45) is 7.75. The van der Waals surface area contributed by atoms with Crippen molar-refractivity contribution < 1.29 is 0 Å². The fourth-order valence-corrected chi connectivity index (χ4v) is 2.57. The summed E-state index contributed by atoms with van der Waals surface area (Å²) in [5, 5.41) is 1.24. The summed E-state index contributed by atoms with van der Waals surface area (Å²) in [6, 6.07) is 2.98. The topological polar surface area (TPSA) is 31.9 Å². The van der Waals surface area contributed by atoms with Gasteiger partial charge in [0, 0.05) is 34.8 Å². The van der Waals surface area contributed by atoms with Gasteiger partial charge in [-0.2, -0.15) is 0 Å². The Balaban J connectivity index is 1.77. The second-order valence-corrected chi connectivity index (χ2v) is 5.74. The molecule has 1 aliphatic carbocycles. The molecule has 1 fully saturated rings. The number of hydrogen-bond acceptors (Lipinski definition) is 2. The van der Waals surface area contributed by atoms with Gasteiger partial charge in [-0.15, -0.1) is 0 Å². The van der Waals surface area contributed by atoms with Gasteiger partial charge in [0.25, 0.3) is 0 Å². The Kier molecular flexibility index (Phi) is 2.92. The quantitative estimate of drug-likeness (QED) is 0.940. The number of nitrogens with one attached hydrogen (secondary N) is 1. The van der Waals surface area contributed by atoms with Crippen LogP contribution in [0, 0.1) is 0 Å². The van der Waals surface area contributed by atoms with Crippen molar-refractivity contribution in [3.05, 3.63) is 28.5 Å². The van der Waals surface area contributed by atoms with Crippen molar-refractivity contribution in [2.75, 3.05) is 13.6 Å². The fraction of sp³-hybridized carbons (Fsp3) is 0.462. The minimum atomic E-state index is 0.838. The molecular weight excluding hydrogens is 278 g/mol. The van der Waals surface area contributed by atoms with E-state index in [-0.39, 0.29) is 0 Å². The fourth-order valence-electron chi connectivity index (χ4n) is 2.23. The van der Waals surface area contributed by atoms with E-state index in [9.17, 15) is 0 Å². The molecule has 0 aromatic carbocycles. The molecule has 0 amide bonds. The highest BCUT2D eigenvalue weighted by molar-refractivity contribution is 9.10. The Bertz CT molecular complexity index is 530. The third kappa shape index (κ3) is 2.38. The molecule has 1 aliphatic rings.